The van der Waals surface area contributed by atoms with Crippen molar-refractivity contribution in [2.45, 2.75) is 0 Å². The largest absolute Gasteiger partial charge is 0.255 e. The quantitative estimate of drug-likeness (QED) is 0.646. The van der Waals surface area contributed by atoms with E-state index in [4.69, 9.17) is 0 Å². The number of hydrogen-bond donors (Lipinski definition) is 0. The smallest absolute Gasteiger partial charge is 0.0820 e. The zero-order valence-corrected chi connectivity index (χ0v) is 12.0. The van der Waals surface area contributed by atoms with Crippen molar-refractivity contribution in [3.05, 3.63) is 90.3 Å². The van der Waals surface area contributed by atoms with Gasteiger partial charge in [0.2, 0.25) is 0 Å². The van der Waals surface area contributed by atoms with Crippen molar-refractivity contribution < 1.29 is 0 Å². The summed E-state index contributed by atoms with van der Waals surface area (Å²) in [5, 5.41) is 0. The van der Waals surface area contributed by atoms with E-state index in [1.807, 2.05) is 78.9 Å². The van der Waals surface area contributed by atoms with Crippen LogP contribution in [0.25, 0.3) is 0 Å². The maximum Gasteiger partial charge on any atom is 0.0820 e. The van der Waals surface area contributed by atoms with Crippen LogP contribution in [0.3, 0.4) is 0 Å². The Morgan fingerprint density at radius 1 is 0.545 bits per heavy atom. The van der Waals surface area contributed by atoms with E-state index in [0.717, 1.165) is 22.8 Å². The Morgan fingerprint density at radius 2 is 1.00 bits per heavy atom. The van der Waals surface area contributed by atoms with Gasteiger partial charge in [-0.3, -0.25) is 9.98 Å². The van der Waals surface area contributed by atoms with E-state index in [0.29, 0.717) is 0 Å². The molecule has 1 heterocycles. The van der Waals surface area contributed by atoms with Crippen LogP contribution in [0.5, 0.6) is 0 Å². The first-order chi connectivity index (χ1) is 10.9. The molecule has 22 heavy (non-hydrogen) atoms. The van der Waals surface area contributed by atoms with Crippen molar-refractivity contribution in [2.75, 3.05) is 0 Å². The Hall–Kier alpha value is -3.07. The molecule has 3 nitrogen and oxygen atoms in total. The first-order valence-corrected chi connectivity index (χ1v) is 7.05. The van der Waals surface area contributed by atoms with Gasteiger partial charge in [-0.2, -0.15) is 0 Å². The van der Waals surface area contributed by atoms with E-state index in [-0.39, 0.29) is 0 Å². The fourth-order valence-electron chi connectivity index (χ4n) is 1.92. The summed E-state index contributed by atoms with van der Waals surface area (Å²) in [6.45, 7) is 0. The highest BCUT2D eigenvalue weighted by atomic mass is 14.8. The van der Waals surface area contributed by atoms with Gasteiger partial charge in [0.05, 0.1) is 35.2 Å². The Bertz CT molecular complexity index is 713. The molecule has 3 rings (SSSR count). The summed E-state index contributed by atoms with van der Waals surface area (Å²) < 4.78 is 0. The lowest BCUT2D eigenvalue weighted by atomic mass is 10.3. The lowest BCUT2D eigenvalue weighted by molar-refractivity contribution is 1.27. The molecule has 106 valence electrons. The summed E-state index contributed by atoms with van der Waals surface area (Å²) >= 11 is 0. The van der Waals surface area contributed by atoms with Crippen molar-refractivity contribution in [3.63, 3.8) is 0 Å². The summed E-state index contributed by atoms with van der Waals surface area (Å²) in [6.07, 6.45) is 3.52. The standard InChI is InChI=1S/C19H15N3/c1-3-8-16(9-4-1)20-14-18-12-7-13-19(22-18)15-21-17-10-5-2-6-11-17/h1-15H. The van der Waals surface area contributed by atoms with Crippen molar-refractivity contribution in [2.24, 2.45) is 9.98 Å². The summed E-state index contributed by atoms with van der Waals surface area (Å²) in [5.74, 6) is 0. The van der Waals surface area contributed by atoms with Gasteiger partial charge in [0.1, 0.15) is 0 Å². The van der Waals surface area contributed by atoms with Gasteiger partial charge in [0, 0.05) is 0 Å². The highest BCUT2D eigenvalue weighted by Crippen LogP contribution is 2.10. The molecule has 0 radical (unpaired) electrons. The molecule has 2 aromatic carbocycles. The lowest BCUT2D eigenvalue weighted by Gasteiger charge is -1.96. The average molecular weight is 285 g/mol. The van der Waals surface area contributed by atoms with Crippen LogP contribution >= 0.6 is 0 Å². The third kappa shape index (κ3) is 3.96. The van der Waals surface area contributed by atoms with Crippen LogP contribution in [0.15, 0.2) is 88.8 Å². The lowest BCUT2D eigenvalue weighted by Crippen LogP contribution is -1.92. The molecule has 0 amide bonds. The van der Waals surface area contributed by atoms with Gasteiger partial charge in [0.15, 0.2) is 0 Å². The number of pyridine rings is 1. The van der Waals surface area contributed by atoms with Gasteiger partial charge >= 0.3 is 0 Å². The van der Waals surface area contributed by atoms with Gasteiger partial charge < -0.3 is 0 Å². The monoisotopic (exact) mass is 285 g/mol. The van der Waals surface area contributed by atoms with Crippen LogP contribution in [0.2, 0.25) is 0 Å². The third-order valence-corrected chi connectivity index (χ3v) is 3.00. The minimum atomic E-state index is 0.806. The maximum atomic E-state index is 4.50. The number of nitrogens with zero attached hydrogens (tertiary/aromatic N) is 3. The molecule has 0 saturated carbocycles. The predicted molar refractivity (Wildman–Crippen MR) is 91.6 cm³/mol. The fraction of sp³-hybridized carbons (Fsp3) is 0. The Balaban J connectivity index is 1.75. The SMILES string of the molecule is C(=Nc1ccccc1)c1cccc(C=Nc2ccccc2)n1. The van der Waals surface area contributed by atoms with E-state index < -0.39 is 0 Å². The molecule has 1 aromatic heterocycles. The molecule has 0 spiro atoms. The van der Waals surface area contributed by atoms with Crippen molar-refractivity contribution in [1.29, 1.82) is 0 Å². The number of rotatable bonds is 4. The first-order valence-electron chi connectivity index (χ1n) is 7.05. The van der Waals surface area contributed by atoms with E-state index in [1.165, 1.54) is 0 Å². The second-order valence-corrected chi connectivity index (χ2v) is 4.67. The molecule has 0 saturated heterocycles. The summed E-state index contributed by atoms with van der Waals surface area (Å²) in [6, 6.07) is 25.4. The van der Waals surface area contributed by atoms with Crippen LogP contribution in [0.4, 0.5) is 11.4 Å². The van der Waals surface area contributed by atoms with Gasteiger partial charge in [-0.1, -0.05) is 42.5 Å². The number of aliphatic imine (C=N–C) groups is 2. The fourth-order valence-corrected chi connectivity index (χ4v) is 1.92. The molecule has 0 aliphatic carbocycles. The highest BCUT2D eigenvalue weighted by Gasteiger charge is 1.94. The van der Waals surface area contributed by atoms with Gasteiger partial charge in [-0.25, -0.2) is 4.98 Å². The Morgan fingerprint density at radius 3 is 1.45 bits per heavy atom. The zero-order valence-electron chi connectivity index (χ0n) is 12.0. The van der Waals surface area contributed by atoms with Crippen LogP contribution in [0.1, 0.15) is 11.4 Å². The number of hydrogen-bond acceptors (Lipinski definition) is 3. The maximum absolute atomic E-state index is 4.50. The zero-order chi connectivity index (χ0) is 15.0. The van der Waals surface area contributed by atoms with Crippen molar-refractivity contribution in [3.8, 4) is 0 Å². The number of benzene rings is 2. The molecule has 0 aliphatic rings. The molecule has 0 fully saturated rings. The molecule has 3 heteroatoms. The first kappa shape index (κ1) is 13.9. The molecule has 0 atom stereocenters. The van der Waals surface area contributed by atoms with Crippen LogP contribution in [0, 0.1) is 0 Å². The van der Waals surface area contributed by atoms with E-state index in [2.05, 4.69) is 15.0 Å². The predicted octanol–water partition coefficient (Wildman–Crippen LogP) is 4.58. The average Bonchev–Trinajstić information content (AvgIpc) is 2.60. The molecule has 0 aliphatic heterocycles. The highest BCUT2D eigenvalue weighted by molar-refractivity contribution is 5.84. The molecule has 3 aromatic rings. The van der Waals surface area contributed by atoms with E-state index >= 15 is 0 Å². The normalized spacial score (nSPS) is 11.3. The van der Waals surface area contributed by atoms with Crippen LogP contribution < -0.4 is 0 Å². The molecule has 0 bridgehead atoms. The second kappa shape index (κ2) is 7.09. The Labute approximate surface area is 129 Å². The second-order valence-electron chi connectivity index (χ2n) is 4.67. The minimum absolute atomic E-state index is 0.806. The van der Waals surface area contributed by atoms with Gasteiger partial charge in [-0.15, -0.1) is 0 Å². The van der Waals surface area contributed by atoms with Gasteiger partial charge in [0.25, 0.3) is 0 Å². The topological polar surface area (TPSA) is 37.6 Å². The molecule has 0 unspecified atom stereocenters. The third-order valence-electron chi connectivity index (χ3n) is 3.00. The Kier molecular flexibility index (Phi) is 4.47. The van der Waals surface area contributed by atoms with E-state index in [9.17, 15) is 0 Å². The van der Waals surface area contributed by atoms with Crippen LogP contribution in [-0.4, -0.2) is 17.4 Å². The summed E-state index contributed by atoms with van der Waals surface area (Å²) in [4.78, 5) is 13.3. The molecular formula is C19H15N3. The minimum Gasteiger partial charge on any atom is -0.255 e. The number of para-hydroxylation sites is 2. The number of aromatic nitrogens is 1. The summed E-state index contributed by atoms with van der Waals surface area (Å²) in [7, 11) is 0. The van der Waals surface area contributed by atoms with Crippen molar-refractivity contribution in [1.82, 2.24) is 4.98 Å². The van der Waals surface area contributed by atoms with E-state index in [1.54, 1.807) is 12.4 Å². The summed E-state index contributed by atoms with van der Waals surface area (Å²) in [5.41, 5.74) is 3.43. The van der Waals surface area contributed by atoms with Crippen molar-refractivity contribution >= 4 is 23.8 Å². The van der Waals surface area contributed by atoms with Gasteiger partial charge in [-0.05, 0) is 36.4 Å². The molecule has 0 N–H and O–H groups in total. The molecular weight excluding hydrogens is 270 g/mol. The van der Waals surface area contributed by atoms with Crippen LogP contribution in [-0.2, 0) is 0 Å².